The summed E-state index contributed by atoms with van der Waals surface area (Å²) in [5.41, 5.74) is 1.53. The minimum atomic E-state index is -1.05. The number of amides is 1. The number of benzene rings is 1. The van der Waals surface area contributed by atoms with Crippen molar-refractivity contribution in [3.63, 3.8) is 0 Å². The van der Waals surface area contributed by atoms with Crippen molar-refractivity contribution in [2.24, 2.45) is 0 Å². The third kappa shape index (κ3) is 2.80. The summed E-state index contributed by atoms with van der Waals surface area (Å²) in [5.74, 6) is -1.08. The number of rotatable bonds is 3. The second kappa shape index (κ2) is 5.88. The van der Waals surface area contributed by atoms with Gasteiger partial charge in [0.25, 0.3) is 5.91 Å². The van der Waals surface area contributed by atoms with Gasteiger partial charge < -0.3 is 10.0 Å². The van der Waals surface area contributed by atoms with Gasteiger partial charge in [-0.2, -0.15) is 0 Å². The van der Waals surface area contributed by atoms with Crippen molar-refractivity contribution in [3.05, 3.63) is 34.9 Å². The lowest BCUT2D eigenvalue weighted by Crippen LogP contribution is -2.56. The van der Waals surface area contributed by atoms with Crippen molar-refractivity contribution >= 4 is 11.9 Å². The second-order valence-corrected chi connectivity index (χ2v) is 6.08. The first kappa shape index (κ1) is 15.5. The molecule has 2 rings (SSSR count). The van der Waals surface area contributed by atoms with E-state index in [0.29, 0.717) is 18.4 Å². The fraction of sp³-hybridized carbons (Fsp3) is 0.529. The smallest absolute Gasteiger partial charge is 0.329 e. The normalized spacial score (nSPS) is 17.3. The molecule has 0 atom stereocenters. The fourth-order valence-electron chi connectivity index (χ4n) is 3.26. The number of hydrogen-bond donors (Lipinski definition) is 1. The van der Waals surface area contributed by atoms with Crippen molar-refractivity contribution in [3.8, 4) is 0 Å². The molecule has 0 saturated heterocycles. The van der Waals surface area contributed by atoms with Gasteiger partial charge in [-0.1, -0.05) is 37.0 Å². The van der Waals surface area contributed by atoms with E-state index in [1.54, 1.807) is 13.1 Å². The molecule has 1 aromatic rings. The van der Waals surface area contributed by atoms with Gasteiger partial charge >= 0.3 is 5.97 Å². The highest BCUT2D eigenvalue weighted by molar-refractivity contribution is 5.98. The monoisotopic (exact) mass is 289 g/mol. The molecule has 1 fully saturated rings. The van der Waals surface area contributed by atoms with Gasteiger partial charge in [0, 0.05) is 12.6 Å². The van der Waals surface area contributed by atoms with Crippen LogP contribution in [-0.4, -0.2) is 34.5 Å². The zero-order valence-electron chi connectivity index (χ0n) is 13.0. The molecule has 114 valence electrons. The van der Waals surface area contributed by atoms with Gasteiger partial charge in [-0.3, -0.25) is 4.79 Å². The van der Waals surface area contributed by atoms with E-state index in [0.717, 1.165) is 30.4 Å². The number of carboxylic acid groups (broad SMARTS) is 1. The molecule has 0 heterocycles. The van der Waals surface area contributed by atoms with Crippen LogP contribution in [0.2, 0.25) is 0 Å². The minimum absolute atomic E-state index is 0.197. The molecule has 1 aliphatic carbocycles. The summed E-state index contributed by atoms with van der Waals surface area (Å²) in [4.78, 5) is 26.0. The van der Waals surface area contributed by atoms with Crippen LogP contribution in [0, 0.1) is 13.8 Å². The fourth-order valence-corrected chi connectivity index (χ4v) is 3.26. The first-order valence-corrected chi connectivity index (χ1v) is 7.47. The molecule has 0 radical (unpaired) electrons. The molecule has 4 nitrogen and oxygen atoms in total. The molecule has 0 aliphatic heterocycles. The van der Waals surface area contributed by atoms with Crippen molar-refractivity contribution in [1.29, 1.82) is 0 Å². The van der Waals surface area contributed by atoms with Crippen LogP contribution in [0.5, 0.6) is 0 Å². The predicted molar refractivity (Wildman–Crippen MR) is 81.5 cm³/mol. The van der Waals surface area contributed by atoms with Crippen molar-refractivity contribution in [2.45, 2.75) is 51.5 Å². The molecule has 1 aromatic carbocycles. The standard InChI is InChI=1S/C17H23NO3/c1-12-7-8-14(13(2)11-12)15(19)18(3)17(16(20)21)9-5-4-6-10-17/h7-8,11H,4-6,9-10H2,1-3H3,(H,20,21). The third-order valence-electron chi connectivity index (χ3n) is 4.64. The number of carboxylic acids is 1. The maximum Gasteiger partial charge on any atom is 0.329 e. The summed E-state index contributed by atoms with van der Waals surface area (Å²) in [6.07, 6.45) is 3.83. The second-order valence-electron chi connectivity index (χ2n) is 6.08. The Morgan fingerprint density at radius 2 is 1.76 bits per heavy atom. The number of carbonyl (C=O) groups excluding carboxylic acids is 1. The van der Waals surface area contributed by atoms with Crippen LogP contribution in [-0.2, 0) is 4.79 Å². The van der Waals surface area contributed by atoms with E-state index in [2.05, 4.69) is 0 Å². The average molecular weight is 289 g/mol. The summed E-state index contributed by atoms with van der Waals surface area (Å²) in [6, 6.07) is 5.64. The zero-order valence-corrected chi connectivity index (χ0v) is 13.0. The Labute approximate surface area is 125 Å². The first-order valence-electron chi connectivity index (χ1n) is 7.47. The highest BCUT2D eigenvalue weighted by atomic mass is 16.4. The van der Waals surface area contributed by atoms with Crippen molar-refractivity contribution in [2.75, 3.05) is 7.05 Å². The Bertz CT molecular complexity index is 559. The molecule has 0 unspecified atom stereocenters. The van der Waals surface area contributed by atoms with Crippen LogP contribution in [0.4, 0.5) is 0 Å². The van der Waals surface area contributed by atoms with Gasteiger partial charge in [0.05, 0.1) is 0 Å². The Hall–Kier alpha value is -1.84. The largest absolute Gasteiger partial charge is 0.479 e. The number of nitrogens with zero attached hydrogens (tertiary/aromatic N) is 1. The number of aryl methyl sites for hydroxylation is 2. The third-order valence-corrected chi connectivity index (χ3v) is 4.64. The lowest BCUT2D eigenvalue weighted by molar-refractivity contribution is -0.151. The molecule has 0 bridgehead atoms. The molecular formula is C17H23NO3. The van der Waals surface area contributed by atoms with E-state index in [9.17, 15) is 14.7 Å². The maximum atomic E-state index is 12.7. The summed E-state index contributed by atoms with van der Waals surface area (Å²) >= 11 is 0. The number of aliphatic carboxylic acids is 1. The number of hydrogen-bond acceptors (Lipinski definition) is 2. The zero-order chi connectivity index (χ0) is 15.6. The van der Waals surface area contributed by atoms with E-state index in [1.807, 2.05) is 26.0 Å². The average Bonchev–Trinajstić information content (AvgIpc) is 2.46. The minimum Gasteiger partial charge on any atom is -0.479 e. The Kier molecular flexibility index (Phi) is 4.35. The van der Waals surface area contributed by atoms with Gasteiger partial charge in [-0.15, -0.1) is 0 Å². The molecule has 1 aliphatic rings. The van der Waals surface area contributed by atoms with Crippen LogP contribution in [0.3, 0.4) is 0 Å². The summed E-state index contributed by atoms with van der Waals surface area (Å²) in [6.45, 7) is 3.87. The molecular weight excluding hydrogens is 266 g/mol. The number of likely N-dealkylation sites (N-methyl/N-ethyl adjacent to an activating group) is 1. The predicted octanol–water partition coefficient (Wildman–Crippen LogP) is 3.16. The van der Waals surface area contributed by atoms with E-state index in [-0.39, 0.29) is 5.91 Å². The quantitative estimate of drug-likeness (QED) is 0.930. The first-order chi connectivity index (χ1) is 9.88. The van der Waals surface area contributed by atoms with Gasteiger partial charge in [0.2, 0.25) is 0 Å². The SMILES string of the molecule is Cc1ccc(C(=O)N(C)C2(C(=O)O)CCCCC2)c(C)c1. The van der Waals surface area contributed by atoms with E-state index >= 15 is 0 Å². The molecule has 1 amide bonds. The highest BCUT2D eigenvalue weighted by Crippen LogP contribution is 2.34. The lowest BCUT2D eigenvalue weighted by atomic mass is 9.80. The van der Waals surface area contributed by atoms with Crippen LogP contribution in [0.15, 0.2) is 18.2 Å². The van der Waals surface area contributed by atoms with Crippen LogP contribution >= 0.6 is 0 Å². The van der Waals surface area contributed by atoms with E-state index in [4.69, 9.17) is 0 Å². The molecule has 1 N–H and O–H groups in total. The lowest BCUT2D eigenvalue weighted by Gasteiger charge is -2.41. The van der Waals surface area contributed by atoms with Crippen LogP contribution in [0.1, 0.15) is 53.6 Å². The van der Waals surface area contributed by atoms with Crippen LogP contribution in [0.25, 0.3) is 0 Å². The highest BCUT2D eigenvalue weighted by Gasteiger charge is 2.45. The van der Waals surface area contributed by atoms with Gasteiger partial charge in [-0.25, -0.2) is 4.79 Å². The summed E-state index contributed by atoms with van der Waals surface area (Å²) in [7, 11) is 1.63. The van der Waals surface area contributed by atoms with Gasteiger partial charge in [-0.05, 0) is 38.3 Å². The van der Waals surface area contributed by atoms with Crippen molar-refractivity contribution in [1.82, 2.24) is 4.90 Å². The summed E-state index contributed by atoms with van der Waals surface area (Å²) in [5, 5.41) is 9.67. The van der Waals surface area contributed by atoms with Crippen LogP contribution < -0.4 is 0 Å². The van der Waals surface area contributed by atoms with E-state index < -0.39 is 11.5 Å². The van der Waals surface area contributed by atoms with Crippen molar-refractivity contribution < 1.29 is 14.7 Å². The Morgan fingerprint density at radius 1 is 1.14 bits per heavy atom. The maximum absolute atomic E-state index is 12.7. The van der Waals surface area contributed by atoms with Gasteiger partial charge in [0.15, 0.2) is 0 Å². The molecule has 21 heavy (non-hydrogen) atoms. The topological polar surface area (TPSA) is 57.6 Å². The van der Waals surface area contributed by atoms with E-state index in [1.165, 1.54) is 4.90 Å². The molecule has 1 saturated carbocycles. The summed E-state index contributed by atoms with van der Waals surface area (Å²) < 4.78 is 0. The molecule has 4 heteroatoms. The Balaban J connectivity index is 2.34. The number of carbonyl (C=O) groups is 2. The molecule has 0 spiro atoms. The molecule has 0 aromatic heterocycles. The van der Waals surface area contributed by atoms with Gasteiger partial charge in [0.1, 0.15) is 5.54 Å². The Morgan fingerprint density at radius 3 is 2.29 bits per heavy atom.